The van der Waals surface area contributed by atoms with Crippen LogP contribution < -0.4 is 4.74 Å². The molecule has 0 aromatic heterocycles. The summed E-state index contributed by atoms with van der Waals surface area (Å²) in [7, 11) is 5.31. The minimum absolute atomic E-state index is 0.346. The highest BCUT2D eigenvalue weighted by Gasteiger charge is 2.14. The number of methoxy groups -OCH3 is 2. The van der Waals surface area contributed by atoms with Gasteiger partial charge in [-0.25, -0.2) is 4.58 Å². The fourth-order valence-electron chi connectivity index (χ4n) is 2.19. The number of benzene rings is 1. The molecule has 0 saturated heterocycles. The second kappa shape index (κ2) is 9.20. The average molecular weight is 428 g/mol. The average Bonchev–Trinajstić information content (AvgIpc) is 2.56. The first-order valence-electron chi connectivity index (χ1n) is 7.49. The van der Waals surface area contributed by atoms with E-state index < -0.39 is 0 Å². The lowest BCUT2D eigenvalue weighted by atomic mass is 10.1. The molecule has 1 aliphatic heterocycles. The molecule has 1 aromatic carbocycles. The summed E-state index contributed by atoms with van der Waals surface area (Å²) in [6.45, 7) is 1.41. The number of allylic oxidation sites excluding steroid dienone is 2. The minimum atomic E-state index is -0.346. The number of hydrogen-bond acceptors (Lipinski definition) is 3. The van der Waals surface area contributed by atoms with Crippen molar-refractivity contribution in [1.82, 2.24) is 0 Å². The largest absolute Gasteiger partial charge is 0.488 e. The van der Waals surface area contributed by atoms with Gasteiger partial charge in [-0.3, -0.25) is 0 Å². The lowest BCUT2D eigenvalue weighted by Crippen LogP contribution is -2.24. The van der Waals surface area contributed by atoms with E-state index in [9.17, 15) is 0 Å². The second-order valence-electron chi connectivity index (χ2n) is 5.29. The van der Waals surface area contributed by atoms with Crippen LogP contribution in [-0.2, 0) is 9.47 Å². The fraction of sp³-hybridized carbons (Fsp3) is 0.389. The normalized spacial score (nSPS) is 18.2. The molecular formula is C18H23INO3+. The Morgan fingerprint density at radius 3 is 2.52 bits per heavy atom. The Morgan fingerprint density at radius 1 is 1.22 bits per heavy atom. The second-order valence-corrected chi connectivity index (χ2v) is 6.89. The molecule has 0 amide bonds. The van der Waals surface area contributed by atoms with Crippen LogP contribution in [0.1, 0.15) is 5.56 Å². The Hall–Kier alpha value is -1.18. The van der Waals surface area contributed by atoms with E-state index >= 15 is 0 Å². The van der Waals surface area contributed by atoms with Crippen molar-refractivity contribution in [3.63, 3.8) is 0 Å². The van der Waals surface area contributed by atoms with Crippen LogP contribution in [0.15, 0.2) is 42.5 Å². The molecule has 4 nitrogen and oxygen atoms in total. The van der Waals surface area contributed by atoms with Crippen molar-refractivity contribution in [3.05, 3.63) is 48.1 Å². The van der Waals surface area contributed by atoms with E-state index in [0.717, 1.165) is 17.9 Å². The van der Waals surface area contributed by atoms with Crippen molar-refractivity contribution < 1.29 is 18.8 Å². The van der Waals surface area contributed by atoms with Gasteiger partial charge < -0.3 is 14.2 Å². The van der Waals surface area contributed by atoms with Crippen molar-refractivity contribution in [2.45, 2.75) is 10.2 Å². The van der Waals surface area contributed by atoms with Crippen LogP contribution in [0.4, 0.5) is 0 Å². The Labute approximate surface area is 151 Å². The predicted molar refractivity (Wildman–Crippen MR) is 102 cm³/mol. The molecule has 1 heterocycles. The maximum atomic E-state index is 5.63. The van der Waals surface area contributed by atoms with Gasteiger partial charge in [-0.2, -0.15) is 0 Å². The number of rotatable bonds is 7. The third-order valence-corrected chi connectivity index (χ3v) is 4.41. The van der Waals surface area contributed by atoms with Gasteiger partial charge in [0.2, 0.25) is 0 Å². The van der Waals surface area contributed by atoms with Gasteiger partial charge in [-0.15, -0.1) is 0 Å². The molecule has 0 N–H and O–H groups in total. The van der Waals surface area contributed by atoms with Gasteiger partial charge in [-0.1, -0.05) is 40.8 Å². The first-order valence-corrected chi connectivity index (χ1v) is 8.74. The molecule has 0 fully saturated rings. The first-order chi connectivity index (χ1) is 11.1. The maximum Gasteiger partial charge on any atom is 0.199 e. The molecule has 1 aliphatic rings. The smallest absolute Gasteiger partial charge is 0.199 e. The zero-order chi connectivity index (χ0) is 16.7. The highest BCUT2D eigenvalue weighted by atomic mass is 127. The summed E-state index contributed by atoms with van der Waals surface area (Å²) in [4.78, 5) is 0. The molecule has 0 saturated carbocycles. The molecule has 124 valence electrons. The van der Waals surface area contributed by atoms with Crippen molar-refractivity contribution in [2.24, 2.45) is 0 Å². The molecule has 23 heavy (non-hydrogen) atoms. The summed E-state index contributed by atoms with van der Waals surface area (Å²) in [5, 5.41) is 0. The van der Waals surface area contributed by atoms with Gasteiger partial charge >= 0.3 is 0 Å². The molecule has 1 aromatic rings. The number of nitrogens with zero attached hydrogens (tertiary/aromatic N) is 1. The minimum Gasteiger partial charge on any atom is -0.488 e. The predicted octanol–water partition coefficient (Wildman–Crippen LogP) is 3.15. The molecule has 0 aliphatic carbocycles. The molecular weight excluding hydrogens is 405 g/mol. The molecule has 2 rings (SSSR count). The Bertz CT molecular complexity index is 589. The van der Waals surface area contributed by atoms with E-state index in [1.807, 2.05) is 24.3 Å². The zero-order valence-corrected chi connectivity index (χ0v) is 15.9. The number of hydrogen-bond donors (Lipinski definition) is 0. The standard InChI is InChI=1S/C18H23INO3/c1-20-12-15(19)7-9-16(20)8-4-14-5-10-17(11-6-14)23-13-18(21-2)22-3/h4-11,15,18H,12-13H2,1-3H3/q+1/b8-4+. The van der Waals surface area contributed by atoms with Gasteiger partial charge in [0.05, 0.1) is 3.92 Å². The van der Waals surface area contributed by atoms with Crippen LogP contribution in [0.3, 0.4) is 0 Å². The van der Waals surface area contributed by atoms with Gasteiger partial charge in [0.1, 0.15) is 19.4 Å². The lowest BCUT2D eigenvalue weighted by Gasteiger charge is -2.14. The quantitative estimate of drug-likeness (QED) is 0.290. The third-order valence-electron chi connectivity index (χ3n) is 3.60. The van der Waals surface area contributed by atoms with Crippen LogP contribution in [0.5, 0.6) is 5.75 Å². The van der Waals surface area contributed by atoms with Gasteiger partial charge in [-0.05, 0) is 23.8 Å². The molecule has 5 heteroatoms. The van der Waals surface area contributed by atoms with Gasteiger partial charge in [0.25, 0.3) is 0 Å². The lowest BCUT2D eigenvalue weighted by molar-refractivity contribution is -0.494. The van der Waals surface area contributed by atoms with E-state index in [1.54, 1.807) is 14.2 Å². The Balaban J connectivity index is 1.94. The number of ether oxygens (including phenoxy) is 3. The molecule has 0 radical (unpaired) electrons. The van der Waals surface area contributed by atoms with E-state index in [1.165, 1.54) is 5.71 Å². The molecule has 1 unspecified atom stereocenters. The zero-order valence-electron chi connectivity index (χ0n) is 13.7. The monoisotopic (exact) mass is 428 g/mol. The topological polar surface area (TPSA) is 30.7 Å². The summed E-state index contributed by atoms with van der Waals surface area (Å²) in [5.74, 6) is 0.802. The summed E-state index contributed by atoms with van der Waals surface area (Å²) in [5.41, 5.74) is 2.36. The number of alkyl halides is 1. The van der Waals surface area contributed by atoms with Crippen LogP contribution in [0.2, 0.25) is 0 Å². The van der Waals surface area contributed by atoms with E-state index in [4.69, 9.17) is 14.2 Å². The van der Waals surface area contributed by atoms with Crippen LogP contribution >= 0.6 is 22.6 Å². The summed E-state index contributed by atoms with van der Waals surface area (Å²) in [6.07, 6.45) is 8.31. The summed E-state index contributed by atoms with van der Waals surface area (Å²) in [6, 6.07) is 7.98. The van der Waals surface area contributed by atoms with Crippen molar-refractivity contribution in [2.75, 3.05) is 34.4 Å². The highest BCUT2D eigenvalue weighted by molar-refractivity contribution is 14.1. The summed E-state index contributed by atoms with van der Waals surface area (Å²) >= 11 is 2.45. The van der Waals surface area contributed by atoms with Crippen LogP contribution in [-0.4, -0.2) is 54.9 Å². The Morgan fingerprint density at radius 2 is 1.91 bits per heavy atom. The maximum absolute atomic E-state index is 5.63. The van der Waals surface area contributed by atoms with E-state index in [0.29, 0.717) is 10.5 Å². The summed E-state index contributed by atoms with van der Waals surface area (Å²) < 4.78 is 18.7. The van der Waals surface area contributed by atoms with E-state index in [-0.39, 0.29) is 6.29 Å². The third kappa shape index (κ3) is 5.75. The first kappa shape index (κ1) is 18.2. The fourth-order valence-corrected chi connectivity index (χ4v) is 2.99. The molecule has 1 atom stereocenters. The highest BCUT2D eigenvalue weighted by Crippen LogP contribution is 2.14. The van der Waals surface area contributed by atoms with Crippen molar-refractivity contribution in [1.29, 1.82) is 0 Å². The SMILES string of the molecule is COC(COc1ccc(/C=C/C2=[N+](C)CC(I)C=C2)cc1)OC. The van der Waals surface area contributed by atoms with E-state index in [2.05, 4.69) is 58.5 Å². The van der Waals surface area contributed by atoms with Crippen LogP contribution in [0, 0.1) is 0 Å². The number of halogens is 1. The molecule has 0 bridgehead atoms. The van der Waals surface area contributed by atoms with Crippen molar-refractivity contribution >= 4 is 34.4 Å². The van der Waals surface area contributed by atoms with Gasteiger partial charge in [0, 0.05) is 26.4 Å². The van der Waals surface area contributed by atoms with Crippen molar-refractivity contribution in [3.8, 4) is 5.75 Å². The Kier molecular flexibility index (Phi) is 7.26. The van der Waals surface area contributed by atoms with Gasteiger partial charge in [0.15, 0.2) is 18.5 Å². The van der Waals surface area contributed by atoms with Crippen LogP contribution in [0.25, 0.3) is 6.08 Å². The molecule has 0 spiro atoms.